The fourth-order valence-electron chi connectivity index (χ4n) is 2.43. The summed E-state index contributed by atoms with van der Waals surface area (Å²) in [4.78, 5) is 13.4. The quantitative estimate of drug-likeness (QED) is 0.533. The number of fused-ring (bicyclic) bond motifs is 2. The van der Waals surface area contributed by atoms with E-state index in [-0.39, 0.29) is 0 Å². The van der Waals surface area contributed by atoms with Gasteiger partial charge in [-0.05, 0) is 32.0 Å². The SMILES string of the molecule is Cc1cc(C)n2nc(SCc3cn4cc(Cl)ccc4n3)nc2n1. The molecule has 0 atom stereocenters. The predicted molar refractivity (Wildman–Crippen MR) is 90.0 cm³/mol. The largest absolute Gasteiger partial charge is 0.305 e. The van der Waals surface area contributed by atoms with Crippen LogP contribution >= 0.6 is 23.4 Å². The molecule has 0 fully saturated rings. The third-order valence-electron chi connectivity index (χ3n) is 3.41. The first-order valence-electron chi connectivity index (χ1n) is 7.05. The van der Waals surface area contributed by atoms with Crippen molar-refractivity contribution in [3.05, 3.63) is 52.7 Å². The van der Waals surface area contributed by atoms with Crippen LogP contribution in [0.25, 0.3) is 11.4 Å². The van der Waals surface area contributed by atoms with Crippen LogP contribution in [0, 0.1) is 13.8 Å². The molecule has 0 N–H and O–H groups in total. The predicted octanol–water partition coefficient (Wildman–Crippen LogP) is 3.33. The summed E-state index contributed by atoms with van der Waals surface area (Å²) in [5.41, 5.74) is 3.79. The Hall–Kier alpha value is -2.12. The molecule has 4 aromatic heterocycles. The lowest BCUT2D eigenvalue weighted by Gasteiger charge is -1.97. The monoisotopic (exact) mass is 344 g/mol. The minimum atomic E-state index is 0.631. The highest BCUT2D eigenvalue weighted by molar-refractivity contribution is 7.98. The normalized spacial score (nSPS) is 11.6. The fraction of sp³-hybridized carbons (Fsp3) is 0.200. The van der Waals surface area contributed by atoms with Crippen LogP contribution in [-0.2, 0) is 5.75 Å². The van der Waals surface area contributed by atoms with Crippen LogP contribution in [0.4, 0.5) is 0 Å². The van der Waals surface area contributed by atoms with Crippen molar-refractivity contribution in [2.45, 2.75) is 24.8 Å². The zero-order valence-corrected chi connectivity index (χ0v) is 14.1. The van der Waals surface area contributed by atoms with Crippen LogP contribution < -0.4 is 0 Å². The second-order valence-corrected chi connectivity index (χ2v) is 6.66. The second-order valence-electron chi connectivity index (χ2n) is 5.28. The van der Waals surface area contributed by atoms with Crippen molar-refractivity contribution >= 4 is 34.8 Å². The Morgan fingerprint density at radius 2 is 2.00 bits per heavy atom. The number of nitrogens with zero attached hydrogens (tertiary/aromatic N) is 6. The number of aryl methyl sites for hydroxylation is 2. The third-order valence-corrected chi connectivity index (χ3v) is 4.51. The van der Waals surface area contributed by atoms with Crippen molar-refractivity contribution in [1.82, 2.24) is 29.0 Å². The molecule has 0 saturated heterocycles. The second kappa shape index (κ2) is 5.50. The van der Waals surface area contributed by atoms with Gasteiger partial charge in [-0.3, -0.25) is 0 Å². The first-order chi connectivity index (χ1) is 11.1. The van der Waals surface area contributed by atoms with Gasteiger partial charge in [0, 0.05) is 29.5 Å². The molecule has 4 rings (SSSR count). The molecule has 0 spiro atoms. The summed E-state index contributed by atoms with van der Waals surface area (Å²) in [6.07, 6.45) is 3.81. The van der Waals surface area contributed by atoms with E-state index in [1.165, 1.54) is 0 Å². The number of hydrogen-bond donors (Lipinski definition) is 0. The van der Waals surface area contributed by atoms with Crippen molar-refractivity contribution < 1.29 is 0 Å². The van der Waals surface area contributed by atoms with Gasteiger partial charge in [0.1, 0.15) is 5.65 Å². The van der Waals surface area contributed by atoms with Gasteiger partial charge in [0.05, 0.1) is 10.7 Å². The maximum atomic E-state index is 5.99. The Morgan fingerprint density at radius 1 is 1.13 bits per heavy atom. The molecule has 4 heterocycles. The third kappa shape index (κ3) is 2.77. The number of hydrogen-bond acceptors (Lipinski definition) is 5. The van der Waals surface area contributed by atoms with Gasteiger partial charge in [-0.25, -0.2) is 14.5 Å². The van der Waals surface area contributed by atoms with E-state index in [1.807, 2.05) is 48.8 Å². The molecule has 8 heteroatoms. The summed E-state index contributed by atoms with van der Waals surface area (Å²) in [7, 11) is 0. The molecule has 23 heavy (non-hydrogen) atoms. The van der Waals surface area contributed by atoms with Gasteiger partial charge in [-0.1, -0.05) is 23.4 Å². The Balaban J connectivity index is 1.59. The number of imidazole rings is 1. The Labute approximate surface area is 141 Å². The number of aromatic nitrogens is 6. The summed E-state index contributed by atoms with van der Waals surface area (Å²) in [5.74, 6) is 1.32. The first kappa shape index (κ1) is 14.5. The molecule has 0 unspecified atom stereocenters. The van der Waals surface area contributed by atoms with Gasteiger partial charge >= 0.3 is 0 Å². The van der Waals surface area contributed by atoms with E-state index in [1.54, 1.807) is 16.3 Å². The zero-order chi connectivity index (χ0) is 16.0. The van der Waals surface area contributed by atoms with Crippen LogP contribution in [-0.4, -0.2) is 29.0 Å². The maximum Gasteiger partial charge on any atom is 0.253 e. The highest BCUT2D eigenvalue weighted by atomic mass is 35.5. The van der Waals surface area contributed by atoms with Gasteiger partial charge < -0.3 is 4.40 Å². The Morgan fingerprint density at radius 3 is 2.87 bits per heavy atom. The highest BCUT2D eigenvalue weighted by Gasteiger charge is 2.10. The number of pyridine rings is 1. The van der Waals surface area contributed by atoms with Gasteiger partial charge in [-0.15, -0.1) is 5.10 Å². The Kier molecular flexibility index (Phi) is 3.46. The van der Waals surface area contributed by atoms with Crippen LogP contribution in [0.15, 0.2) is 35.7 Å². The number of rotatable bonds is 3. The topological polar surface area (TPSA) is 60.4 Å². The lowest BCUT2D eigenvalue weighted by molar-refractivity contribution is 0.843. The molecule has 0 bridgehead atoms. The first-order valence-corrected chi connectivity index (χ1v) is 8.42. The average molecular weight is 345 g/mol. The molecule has 0 amide bonds. The molecule has 0 saturated carbocycles. The summed E-state index contributed by atoms with van der Waals surface area (Å²) < 4.78 is 3.68. The molecule has 0 radical (unpaired) electrons. The van der Waals surface area contributed by atoms with E-state index in [4.69, 9.17) is 11.6 Å². The molecule has 6 nitrogen and oxygen atoms in total. The number of halogens is 1. The summed E-state index contributed by atoms with van der Waals surface area (Å²) in [6, 6.07) is 5.72. The standard InChI is InChI=1S/C15H13ClN6S/c1-9-5-10(2)22-14(17-9)19-15(20-22)23-8-12-7-21-6-11(16)3-4-13(21)18-12/h3-7H,8H2,1-2H3. The minimum absolute atomic E-state index is 0.631. The number of thioether (sulfide) groups is 1. The molecule has 116 valence electrons. The van der Waals surface area contributed by atoms with Gasteiger partial charge in [0.25, 0.3) is 5.78 Å². The van der Waals surface area contributed by atoms with E-state index in [0.29, 0.717) is 21.7 Å². The van der Waals surface area contributed by atoms with Crippen LogP contribution in [0.5, 0.6) is 0 Å². The molecular weight excluding hydrogens is 332 g/mol. The van der Waals surface area contributed by atoms with E-state index in [9.17, 15) is 0 Å². The van der Waals surface area contributed by atoms with Crippen molar-refractivity contribution in [3.63, 3.8) is 0 Å². The molecule has 0 aliphatic heterocycles. The highest BCUT2D eigenvalue weighted by Crippen LogP contribution is 2.21. The fourth-order valence-corrected chi connectivity index (χ4v) is 3.30. The van der Waals surface area contributed by atoms with E-state index >= 15 is 0 Å². The van der Waals surface area contributed by atoms with Crippen LogP contribution in [0.3, 0.4) is 0 Å². The molecule has 4 aromatic rings. The lowest BCUT2D eigenvalue weighted by Crippen LogP contribution is -1.97. The van der Waals surface area contributed by atoms with Crippen molar-refractivity contribution in [3.8, 4) is 0 Å². The van der Waals surface area contributed by atoms with Gasteiger partial charge in [-0.2, -0.15) is 4.98 Å². The van der Waals surface area contributed by atoms with Crippen molar-refractivity contribution in [1.29, 1.82) is 0 Å². The van der Waals surface area contributed by atoms with Crippen LogP contribution in [0.1, 0.15) is 17.1 Å². The van der Waals surface area contributed by atoms with Crippen LogP contribution in [0.2, 0.25) is 5.02 Å². The molecule has 0 aliphatic carbocycles. The maximum absolute atomic E-state index is 5.99. The molecule has 0 aliphatic rings. The Bertz CT molecular complexity index is 1020. The van der Waals surface area contributed by atoms with Gasteiger partial charge in [0.15, 0.2) is 0 Å². The molecular formula is C15H13ClN6S. The van der Waals surface area contributed by atoms with E-state index in [0.717, 1.165) is 22.7 Å². The van der Waals surface area contributed by atoms with E-state index in [2.05, 4.69) is 20.1 Å². The summed E-state index contributed by atoms with van der Waals surface area (Å²) >= 11 is 7.53. The van der Waals surface area contributed by atoms with Crippen molar-refractivity contribution in [2.75, 3.05) is 0 Å². The van der Waals surface area contributed by atoms with Gasteiger partial charge in [0.2, 0.25) is 5.16 Å². The zero-order valence-electron chi connectivity index (χ0n) is 12.6. The smallest absolute Gasteiger partial charge is 0.253 e. The summed E-state index contributed by atoms with van der Waals surface area (Å²) in [6.45, 7) is 3.95. The van der Waals surface area contributed by atoms with Crippen molar-refractivity contribution in [2.24, 2.45) is 0 Å². The summed E-state index contributed by atoms with van der Waals surface area (Å²) in [5, 5.41) is 5.87. The lowest BCUT2D eigenvalue weighted by atomic mass is 10.4. The average Bonchev–Trinajstić information content (AvgIpc) is 3.07. The van der Waals surface area contributed by atoms with E-state index < -0.39 is 0 Å². The molecule has 0 aromatic carbocycles. The minimum Gasteiger partial charge on any atom is -0.305 e.